The standard InChI is InChI=1S/C24H25ClN8O2S/c1-24(2,3)20-18(13-5-8-34-12-13)29-23(36-20)31-22-30-21-19(32(22)4)17(25)15(11-27-21)35-14-9-16-26-6-7-33(16)28-10-14/h6-7,9-11,13H,5,8,12H2,1-4H3,(H,27,29,30,31)/t13-/m1/s1. The summed E-state index contributed by atoms with van der Waals surface area (Å²) < 4.78 is 15.2. The highest BCUT2D eigenvalue weighted by Gasteiger charge is 2.30. The lowest BCUT2D eigenvalue weighted by Gasteiger charge is -2.19. The van der Waals surface area contributed by atoms with Gasteiger partial charge >= 0.3 is 0 Å². The van der Waals surface area contributed by atoms with Gasteiger partial charge in [-0.05, 0) is 11.8 Å². The Balaban J connectivity index is 1.32. The molecule has 5 aromatic heterocycles. The van der Waals surface area contributed by atoms with Crippen LogP contribution in [-0.2, 0) is 17.2 Å². The summed E-state index contributed by atoms with van der Waals surface area (Å²) in [6.45, 7) is 8.13. The van der Waals surface area contributed by atoms with Crippen molar-refractivity contribution in [3.8, 4) is 11.5 Å². The molecule has 5 aromatic rings. The van der Waals surface area contributed by atoms with Gasteiger partial charge in [0.15, 0.2) is 27.9 Å². The summed E-state index contributed by atoms with van der Waals surface area (Å²) in [4.78, 5) is 19.6. The Morgan fingerprint density at radius 1 is 1.22 bits per heavy atom. The number of aryl methyl sites for hydroxylation is 1. The van der Waals surface area contributed by atoms with Crippen LogP contribution in [0.5, 0.6) is 11.5 Å². The second kappa shape index (κ2) is 8.68. The van der Waals surface area contributed by atoms with Crippen LogP contribution < -0.4 is 10.1 Å². The van der Waals surface area contributed by atoms with Gasteiger partial charge in [-0.25, -0.2) is 19.5 Å². The summed E-state index contributed by atoms with van der Waals surface area (Å²) in [6, 6.07) is 1.78. The predicted octanol–water partition coefficient (Wildman–Crippen LogP) is 5.46. The van der Waals surface area contributed by atoms with Gasteiger partial charge in [-0.3, -0.25) is 0 Å². The average Bonchev–Trinajstić information content (AvgIpc) is 3.62. The zero-order chi connectivity index (χ0) is 25.0. The summed E-state index contributed by atoms with van der Waals surface area (Å²) in [6.07, 6.45) is 7.60. The second-order valence-corrected chi connectivity index (χ2v) is 11.2. The molecule has 0 aromatic carbocycles. The van der Waals surface area contributed by atoms with E-state index < -0.39 is 0 Å². The molecular formula is C24H25ClN8O2S. The molecule has 0 spiro atoms. The van der Waals surface area contributed by atoms with Gasteiger partial charge in [0.05, 0.1) is 24.7 Å². The minimum atomic E-state index is -0.0206. The van der Waals surface area contributed by atoms with Gasteiger partial charge in [-0.15, -0.1) is 11.3 Å². The van der Waals surface area contributed by atoms with Crippen molar-refractivity contribution in [3.63, 3.8) is 0 Å². The molecule has 0 saturated carbocycles. The molecule has 12 heteroatoms. The average molecular weight is 525 g/mol. The van der Waals surface area contributed by atoms with Gasteiger partial charge in [-0.2, -0.15) is 10.1 Å². The quantitative estimate of drug-likeness (QED) is 0.323. The molecule has 1 saturated heterocycles. The van der Waals surface area contributed by atoms with Crippen molar-refractivity contribution in [2.75, 3.05) is 18.5 Å². The summed E-state index contributed by atoms with van der Waals surface area (Å²) in [5, 5.41) is 8.86. The van der Waals surface area contributed by atoms with Crippen molar-refractivity contribution < 1.29 is 9.47 Å². The fraction of sp³-hybridized carbons (Fsp3) is 0.375. The molecule has 0 bridgehead atoms. The van der Waals surface area contributed by atoms with Gasteiger partial charge in [0.1, 0.15) is 10.5 Å². The van der Waals surface area contributed by atoms with Crippen molar-refractivity contribution in [3.05, 3.63) is 46.4 Å². The van der Waals surface area contributed by atoms with E-state index in [2.05, 4.69) is 46.1 Å². The molecule has 186 valence electrons. The van der Waals surface area contributed by atoms with E-state index in [1.54, 1.807) is 46.7 Å². The largest absolute Gasteiger partial charge is 0.452 e. The molecule has 1 aliphatic rings. The SMILES string of the molecule is Cn1c(Nc2nc([C@@H]3CCOC3)c(C(C)(C)C)s2)nc2ncc(Oc3cnn4ccnc4c3)c(Cl)c21. The number of nitrogens with zero attached hydrogens (tertiary/aromatic N) is 7. The zero-order valence-corrected chi connectivity index (χ0v) is 21.9. The number of thiazole rings is 1. The number of ether oxygens (including phenoxy) is 2. The second-order valence-electron chi connectivity index (χ2n) is 9.80. The fourth-order valence-corrected chi connectivity index (χ4v) is 5.72. The van der Waals surface area contributed by atoms with E-state index in [0.717, 1.165) is 23.9 Å². The summed E-state index contributed by atoms with van der Waals surface area (Å²) in [5.41, 5.74) is 2.93. The van der Waals surface area contributed by atoms with Crippen molar-refractivity contribution in [1.29, 1.82) is 0 Å². The van der Waals surface area contributed by atoms with E-state index in [4.69, 9.17) is 26.1 Å². The summed E-state index contributed by atoms with van der Waals surface area (Å²) in [7, 11) is 1.89. The first kappa shape index (κ1) is 23.1. The molecule has 0 radical (unpaired) electrons. The molecule has 1 atom stereocenters. The van der Waals surface area contributed by atoms with Crippen LogP contribution in [0, 0.1) is 0 Å². The first-order valence-electron chi connectivity index (χ1n) is 11.6. The van der Waals surface area contributed by atoms with E-state index in [1.165, 1.54) is 4.88 Å². The Bertz CT molecular complexity index is 1580. The third-order valence-corrected chi connectivity index (χ3v) is 7.91. The minimum Gasteiger partial charge on any atom is -0.452 e. The Kier molecular flexibility index (Phi) is 5.58. The van der Waals surface area contributed by atoms with E-state index >= 15 is 0 Å². The topological polar surface area (TPSA) is 104 Å². The predicted molar refractivity (Wildman–Crippen MR) is 139 cm³/mol. The summed E-state index contributed by atoms with van der Waals surface area (Å²) in [5.74, 6) is 1.83. The Hall–Kier alpha value is -3.28. The molecule has 0 amide bonds. The molecule has 1 aliphatic heterocycles. The molecule has 1 N–H and O–H groups in total. The number of imidazole rings is 2. The maximum absolute atomic E-state index is 6.76. The maximum atomic E-state index is 6.76. The first-order chi connectivity index (χ1) is 17.3. The van der Waals surface area contributed by atoms with Crippen LogP contribution in [0.4, 0.5) is 11.1 Å². The number of rotatable bonds is 5. The number of anilines is 2. The maximum Gasteiger partial charge on any atom is 0.211 e. The Morgan fingerprint density at radius 2 is 2.08 bits per heavy atom. The van der Waals surface area contributed by atoms with Crippen LogP contribution in [0.3, 0.4) is 0 Å². The normalized spacial score (nSPS) is 16.3. The van der Waals surface area contributed by atoms with E-state index in [9.17, 15) is 0 Å². The van der Waals surface area contributed by atoms with Gasteiger partial charge in [0.25, 0.3) is 0 Å². The molecule has 6 rings (SSSR count). The third-order valence-electron chi connectivity index (χ3n) is 6.13. The highest BCUT2D eigenvalue weighted by atomic mass is 35.5. The lowest BCUT2D eigenvalue weighted by molar-refractivity contribution is 0.193. The molecule has 10 nitrogen and oxygen atoms in total. The van der Waals surface area contributed by atoms with Crippen molar-refractivity contribution >= 4 is 50.8 Å². The van der Waals surface area contributed by atoms with Crippen LogP contribution >= 0.6 is 22.9 Å². The zero-order valence-electron chi connectivity index (χ0n) is 20.3. The number of fused-ring (bicyclic) bond motifs is 2. The lowest BCUT2D eigenvalue weighted by atomic mass is 9.89. The number of halogens is 1. The molecular weight excluding hydrogens is 500 g/mol. The van der Waals surface area contributed by atoms with Crippen LogP contribution in [0.1, 0.15) is 43.7 Å². The summed E-state index contributed by atoms with van der Waals surface area (Å²) >= 11 is 8.42. The van der Waals surface area contributed by atoms with Crippen LogP contribution in [-0.4, -0.2) is 47.3 Å². The van der Waals surface area contributed by atoms with Gasteiger partial charge in [0, 0.05) is 42.9 Å². The third kappa shape index (κ3) is 4.06. The minimum absolute atomic E-state index is 0.0206. The smallest absolute Gasteiger partial charge is 0.211 e. The highest BCUT2D eigenvalue weighted by Crippen LogP contribution is 2.41. The van der Waals surface area contributed by atoms with Gasteiger partial charge < -0.3 is 19.4 Å². The molecule has 1 fully saturated rings. The molecule has 36 heavy (non-hydrogen) atoms. The van der Waals surface area contributed by atoms with E-state index in [1.807, 2.05) is 11.6 Å². The Labute approximate surface area is 216 Å². The molecule has 0 aliphatic carbocycles. The molecule has 0 unspecified atom stereocenters. The van der Waals surface area contributed by atoms with Crippen molar-refractivity contribution in [2.45, 2.75) is 38.5 Å². The van der Waals surface area contributed by atoms with Gasteiger partial charge in [-0.1, -0.05) is 32.4 Å². The lowest BCUT2D eigenvalue weighted by Crippen LogP contribution is -2.14. The number of pyridine rings is 1. The van der Waals surface area contributed by atoms with Crippen LogP contribution in [0.15, 0.2) is 30.9 Å². The van der Waals surface area contributed by atoms with Crippen LogP contribution in [0.25, 0.3) is 16.8 Å². The number of hydrogen-bond acceptors (Lipinski definition) is 9. The van der Waals surface area contributed by atoms with E-state index in [0.29, 0.717) is 51.8 Å². The number of nitrogens with one attached hydrogen (secondary N) is 1. The first-order valence-corrected chi connectivity index (χ1v) is 12.8. The van der Waals surface area contributed by atoms with Gasteiger partial charge in [0.2, 0.25) is 5.95 Å². The van der Waals surface area contributed by atoms with Crippen LogP contribution in [0.2, 0.25) is 5.02 Å². The Morgan fingerprint density at radius 3 is 2.86 bits per heavy atom. The van der Waals surface area contributed by atoms with Crippen molar-refractivity contribution in [1.82, 2.24) is 34.1 Å². The number of hydrogen-bond donors (Lipinski definition) is 1. The fourth-order valence-electron chi connectivity index (χ4n) is 4.32. The van der Waals surface area contributed by atoms with Crippen molar-refractivity contribution in [2.24, 2.45) is 7.05 Å². The monoisotopic (exact) mass is 524 g/mol. The van der Waals surface area contributed by atoms with E-state index in [-0.39, 0.29) is 5.41 Å². The molecule has 6 heterocycles. The highest BCUT2D eigenvalue weighted by molar-refractivity contribution is 7.16. The number of aromatic nitrogens is 7.